The standard InChI is InChI=1S/C14H23N/c1-14-9-3-2-6-13(14)8-7-12(11-14)5-4-10-15/h12-13H,2-9,11H2,1H3/t12-,13+,14+/m0/s1. The molecule has 1 heteroatoms. The third kappa shape index (κ3) is 2.36. The van der Waals surface area contributed by atoms with Gasteiger partial charge in [0, 0.05) is 6.42 Å². The Bertz CT molecular complexity index is 253. The van der Waals surface area contributed by atoms with Gasteiger partial charge in [-0.15, -0.1) is 0 Å². The number of nitrogens with zero attached hydrogens (tertiary/aromatic N) is 1. The van der Waals surface area contributed by atoms with Crippen molar-refractivity contribution in [3.8, 4) is 6.07 Å². The first kappa shape index (κ1) is 11.0. The van der Waals surface area contributed by atoms with Gasteiger partial charge in [-0.1, -0.05) is 26.2 Å². The fraction of sp³-hybridized carbons (Fsp3) is 0.929. The topological polar surface area (TPSA) is 23.8 Å². The minimum absolute atomic E-state index is 0.636. The van der Waals surface area contributed by atoms with Crippen LogP contribution in [0.5, 0.6) is 0 Å². The Balaban J connectivity index is 1.93. The summed E-state index contributed by atoms with van der Waals surface area (Å²) in [7, 11) is 0. The molecule has 15 heavy (non-hydrogen) atoms. The molecule has 2 rings (SSSR count). The van der Waals surface area contributed by atoms with Crippen LogP contribution in [0.15, 0.2) is 0 Å². The average molecular weight is 205 g/mol. The maximum absolute atomic E-state index is 8.64. The summed E-state index contributed by atoms with van der Waals surface area (Å²) in [4.78, 5) is 0. The van der Waals surface area contributed by atoms with Gasteiger partial charge in [-0.2, -0.15) is 5.26 Å². The Hall–Kier alpha value is -0.510. The van der Waals surface area contributed by atoms with Crippen molar-refractivity contribution in [2.45, 2.75) is 64.7 Å². The maximum atomic E-state index is 8.64. The Labute approximate surface area is 93.9 Å². The molecule has 0 N–H and O–H groups in total. The predicted molar refractivity (Wildman–Crippen MR) is 62.3 cm³/mol. The van der Waals surface area contributed by atoms with Crippen molar-refractivity contribution < 1.29 is 0 Å². The monoisotopic (exact) mass is 205 g/mol. The van der Waals surface area contributed by atoms with E-state index in [1.54, 1.807) is 0 Å². The summed E-state index contributed by atoms with van der Waals surface area (Å²) in [6.45, 7) is 2.51. The minimum Gasteiger partial charge on any atom is -0.198 e. The molecule has 0 heterocycles. The van der Waals surface area contributed by atoms with Crippen molar-refractivity contribution in [3.05, 3.63) is 0 Å². The van der Waals surface area contributed by atoms with Crippen molar-refractivity contribution in [3.63, 3.8) is 0 Å². The normalized spacial score (nSPS) is 40.5. The summed E-state index contributed by atoms with van der Waals surface area (Å²) < 4.78 is 0. The van der Waals surface area contributed by atoms with Crippen LogP contribution < -0.4 is 0 Å². The quantitative estimate of drug-likeness (QED) is 0.660. The molecule has 84 valence electrons. The molecule has 0 unspecified atom stereocenters. The van der Waals surface area contributed by atoms with Gasteiger partial charge in [-0.05, 0) is 49.4 Å². The van der Waals surface area contributed by atoms with Gasteiger partial charge in [0.2, 0.25) is 0 Å². The van der Waals surface area contributed by atoms with Crippen molar-refractivity contribution in [2.75, 3.05) is 0 Å². The molecule has 0 amide bonds. The molecule has 0 bridgehead atoms. The molecule has 0 spiro atoms. The van der Waals surface area contributed by atoms with Gasteiger partial charge >= 0.3 is 0 Å². The second-order valence-corrected chi connectivity index (χ2v) is 5.94. The molecule has 0 aliphatic heterocycles. The van der Waals surface area contributed by atoms with Crippen molar-refractivity contribution in [1.82, 2.24) is 0 Å². The van der Waals surface area contributed by atoms with E-state index < -0.39 is 0 Å². The van der Waals surface area contributed by atoms with Crippen molar-refractivity contribution >= 4 is 0 Å². The fourth-order valence-electron chi connectivity index (χ4n) is 3.95. The first-order valence-corrected chi connectivity index (χ1v) is 6.61. The van der Waals surface area contributed by atoms with Gasteiger partial charge in [-0.25, -0.2) is 0 Å². The van der Waals surface area contributed by atoms with Crippen LogP contribution in [0.1, 0.15) is 64.7 Å². The highest BCUT2D eigenvalue weighted by Gasteiger charge is 2.40. The molecule has 1 nitrogen and oxygen atoms in total. The largest absolute Gasteiger partial charge is 0.198 e. The van der Waals surface area contributed by atoms with E-state index in [0.717, 1.165) is 24.7 Å². The van der Waals surface area contributed by atoms with E-state index in [2.05, 4.69) is 13.0 Å². The summed E-state index contributed by atoms with van der Waals surface area (Å²) in [5, 5.41) is 8.64. The Morgan fingerprint density at radius 2 is 2.13 bits per heavy atom. The van der Waals surface area contributed by atoms with Crippen molar-refractivity contribution in [1.29, 1.82) is 5.26 Å². The summed E-state index contributed by atoms with van der Waals surface area (Å²) >= 11 is 0. The number of fused-ring (bicyclic) bond motifs is 1. The van der Waals surface area contributed by atoms with Crippen LogP contribution >= 0.6 is 0 Å². The van der Waals surface area contributed by atoms with E-state index in [9.17, 15) is 0 Å². The van der Waals surface area contributed by atoms with Crippen LogP contribution in [-0.4, -0.2) is 0 Å². The zero-order chi connectivity index (χ0) is 10.7. The maximum Gasteiger partial charge on any atom is 0.0621 e. The van der Waals surface area contributed by atoms with Crippen LogP contribution in [0.25, 0.3) is 0 Å². The van der Waals surface area contributed by atoms with E-state index in [0.29, 0.717) is 5.41 Å². The fourth-order valence-corrected chi connectivity index (χ4v) is 3.95. The first-order valence-electron chi connectivity index (χ1n) is 6.61. The summed E-state index contributed by atoms with van der Waals surface area (Å²) in [5.74, 6) is 1.86. The van der Waals surface area contributed by atoms with Gasteiger partial charge in [-0.3, -0.25) is 0 Å². The highest BCUT2D eigenvalue weighted by atomic mass is 14.5. The molecule has 0 aromatic heterocycles. The molecule has 0 radical (unpaired) electrons. The molecule has 0 saturated heterocycles. The van der Waals surface area contributed by atoms with Gasteiger partial charge < -0.3 is 0 Å². The molecule has 2 fully saturated rings. The van der Waals surface area contributed by atoms with Gasteiger partial charge in [0.25, 0.3) is 0 Å². The lowest BCUT2D eigenvalue weighted by Gasteiger charge is -2.48. The minimum atomic E-state index is 0.636. The Morgan fingerprint density at radius 3 is 2.93 bits per heavy atom. The van der Waals surface area contributed by atoms with E-state index >= 15 is 0 Å². The smallest absolute Gasteiger partial charge is 0.0621 e. The number of hydrogen-bond donors (Lipinski definition) is 0. The van der Waals surface area contributed by atoms with Crippen LogP contribution in [0, 0.1) is 28.6 Å². The van der Waals surface area contributed by atoms with Gasteiger partial charge in [0.1, 0.15) is 0 Å². The highest BCUT2D eigenvalue weighted by molar-refractivity contribution is 4.92. The molecular weight excluding hydrogens is 182 g/mol. The van der Waals surface area contributed by atoms with Gasteiger partial charge in [0.15, 0.2) is 0 Å². The number of hydrogen-bond acceptors (Lipinski definition) is 1. The van der Waals surface area contributed by atoms with E-state index in [1.165, 1.54) is 44.9 Å². The SMILES string of the molecule is C[C@]12CCCC[C@@H]1CC[C@H](CCC#N)C2. The van der Waals surface area contributed by atoms with Crippen LogP contribution in [0.2, 0.25) is 0 Å². The molecule has 0 aromatic carbocycles. The van der Waals surface area contributed by atoms with E-state index in [4.69, 9.17) is 5.26 Å². The molecule has 0 aromatic rings. The van der Waals surface area contributed by atoms with Crippen molar-refractivity contribution in [2.24, 2.45) is 17.3 Å². The summed E-state index contributed by atoms with van der Waals surface area (Å²) in [5.41, 5.74) is 0.636. The second kappa shape index (κ2) is 4.56. The molecule has 2 aliphatic rings. The summed E-state index contributed by atoms with van der Waals surface area (Å²) in [6.07, 6.45) is 12.0. The van der Waals surface area contributed by atoms with Crippen LogP contribution in [0.4, 0.5) is 0 Å². The highest BCUT2D eigenvalue weighted by Crippen LogP contribution is 2.52. The number of rotatable bonds is 2. The Morgan fingerprint density at radius 1 is 1.27 bits per heavy atom. The zero-order valence-electron chi connectivity index (χ0n) is 9.97. The lowest BCUT2D eigenvalue weighted by Crippen LogP contribution is -2.37. The molecule has 2 saturated carbocycles. The second-order valence-electron chi connectivity index (χ2n) is 5.94. The van der Waals surface area contributed by atoms with E-state index in [-0.39, 0.29) is 0 Å². The zero-order valence-corrected chi connectivity index (χ0v) is 9.97. The first-order chi connectivity index (χ1) is 7.24. The number of nitriles is 1. The lowest BCUT2D eigenvalue weighted by molar-refractivity contribution is 0.0320. The third-order valence-electron chi connectivity index (χ3n) is 4.88. The molecule has 3 atom stereocenters. The Kier molecular flexibility index (Phi) is 3.34. The molecule has 2 aliphatic carbocycles. The average Bonchev–Trinajstić information content (AvgIpc) is 2.25. The van der Waals surface area contributed by atoms with Crippen LogP contribution in [-0.2, 0) is 0 Å². The van der Waals surface area contributed by atoms with Crippen LogP contribution in [0.3, 0.4) is 0 Å². The predicted octanol–water partition coefficient (Wildman–Crippen LogP) is 4.29. The van der Waals surface area contributed by atoms with E-state index in [1.807, 2.05) is 0 Å². The van der Waals surface area contributed by atoms with Gasteiger partial charge in [0.05, 0.1) is 6.07 Å². The third-order valence-corrected chi connectivity index (χ3v) is 4.88. The lowest BCUT2D eigenvalue weighted by atomic mass is 9.58. The molecular formula is C14H23N. The summed E-state index contributed by atoms with van der Waals surface area (Å²) in [6, 6.07) is 2.30.